The van der Waals surface area contributed by atoms with E-state index < -0.39 is 0 Å². The van der Waals surface area contributed by atoms with Gasteiger partial charge in [0.05, 0.1) is 6.61 Å². The molecule has 1 aliphatic carbocycles. The SMILES string of the molecule is COCCNCC1CC1c1ccc(Cl)cc1. The van der Waals surface area contributed by atoms with E-state index in [2.05, 4.69) is 17.4 Å². The summed E-state index contributed by atoms with van der Waals surface area (Å²) in [5.74, 6) is 1.52. The van der Waals surface area contributed by atoms with Gasteiger partial charge in [-0.05, 0) is 42.5 Å². The fourth-order valence-corrected chi connectivity index (χ4v) is 2.18. The van der Waals surface area contributed by atoms with Crippen molar-refractivity contribution in [3.63, 3.8) is 0 Å². The Morgan fingerprint density at radius 2 is 2.12 bits per heavy atom. The molecule has 0 aromatic heterocycles. The van der Waals surface area contributed by atoms with Crippen LogP contribution in [0, 0.1) is 5.92 Å². The quantitative estimate of drug-likeness (QED) is 0.771. The monoisotopic (exact) mass is 239 g/mol. The van der Waals surface area contributed by atoms with Crippen molar-refractivity contribution in [1.82, 2.24) is 5.32 Å². The van der Waals surface area contributed by atoms with Gasteiger partial charge in [-0.2, -0.15) is 0 Å². The van der Waals surface area contributed by atoms with Crippen molar-refractivity contribution in [2.45, 2.75) is 12.3 Å². The summed E-state index contributed by atoms with van der Waals surface area (Å²) in [6.07, 6.45) is 1.29. The molecule has 0 bridgehead atoms. The van der Waals surface area contributed by atoms with E-state index in [1.54, 1.807) is 7.11 Å². The Balaban J connectivity index is 1.72. The van der Waals surface area contributed by atoms with Crippen molar-refractivity contribution in [2.24, 2.45) is 5.92 Å². The molecule has 0 radical (unpaired) electrons. The molecule has 1 saturated carbocycles. The van der Waals surface area contributed by atoms with Gasteiger partial charge in [-0.3, -0.25) is 0 Å². The van der Waals surface area contributed by atoms with E-state index in [1.807, 2.05) is 12.1 Å². The molecule has 1 aromatic carbocycles. The second-order valence-electron chi connectivity index (χ2n) is 4.35. The summed E-state index contributed by atoms with van der Waals surface area (Å²) in [6, 6.07) is 8.24. The number of hydrogen-bond donors (Lipinski definition) is 1. The molecule has 2 atom stereocenters. The molecule has 88 valence electrons. The molecule has 0 amide bonds. The van der Waals surface area contributed by atoms with Gasteiger partial charge in [-0.1, -0.05) is 23.7 Å². The van der Waals surface area contributed by atoms with Crippen molar-refractivity contribution in [3.05, 3.63) is 34.9 Å². The molecule has 2 rings (SSSR count). The minimum absolute atomic E-state index is 0.729. The minimum atomic E-state index is 0.729. The van der Waals surface area contributed by atoms with E-state index in [0.717, 1.165) is 36.6 Å². The zero-order valence-electron chi connectivity index (χ0n) is 9.58. The molecule has 1 aliphatic rings. The lowest BCUT2D eigenvalue weighted by Crippen LogP contribution is -2.21. The number of ether oxygens (including phenoxy) is 1. The van der Waals surface area contributed by atoms with Crippen LogP contribution in [0.2, 0.25) is 5.02 Å². The largest absolute Gasteiger partial charge is 0.383 e. The van der Waals surface area contributed by atoms with Gasteiger partial charge in [-0.25, -0.2) is 0 Å². The van der Waals surface area contributed by atoms with Gasteiger partial charge in [0.15, 0.2) is 0 Å². The Bertz CT molecular complexity index is 325. The fraction of sp³-hybridized carbons (Fsp3) is 0.538. The van der Waals surface area contributed by atoms with Crippen LogP contribution < -0.4 is 5.32 Å². The number of methoxy groups -OCH3 is 1. The highest BCUT2D eigenvalue weighted by molar-refractivity contribution is 6.30. The lowest BCUT2D eigenvalue weighted by Gasteiger charge is -2.03. The molecule has 2 unspecified atom stereocenters. The van der Waals surface area contributed by atoms with Crippen LogP contribution in [0.5, 0.6) is 0 Å². The summed E-state index contributed by atoms with van der Waals surface area (Å²) < 4.78 is 4.99. The zero-order chi connectivity index (χ0) is 11.4. The number of rotatable bonds is 6. The maximum Gasteiger partial charge on any atom is 0.0587 e. The Morgan fingerprint density at radius 1 is 1.38 bits per heavy atom. The van der Waals surface area contributed by atoms with Gasteiger partial charge in [0.25, 0.3) is 0 Å². The van der Waals surface area contributed by atoms with E-state index >= 15 is 0 Å². The maximum atomic E-state index is 5.87. The molecule has 3 heteroatoms. The van der Waals surface area contributed by atoms with Crippen LogP contribution >= 0.6 is 11.6 Å². The van der Waals surface area contributed by atoms with Crippen LogP contribution in [0.4, 0.5) is 0 Å². The van der Waals surface area contributed by atoms with E-state index in [9.17, 15) is 0 Å². The molecule has 0 spiro atoms. The van der Waals surface area contributed by atoms with Crippen molar-refractivity contribution in [3.8, 4) is 0 Å². The van der Waals surface area contributed by atoms with Crippen molar-refractivity contribution >= 4 is 11.6 Å². The predicted molar refractivity (Wildman–Crippen MR) is 67.0 cm³/mol. The van der Waals surface area contributed by atoms with E-state index in [0.29, 0.717) is 0 Å². The molecule has 0 aliphatic heterocycles. The second kappa shape index (κ2) is 5.67. The van der Waals surface area contributed by atoms with Gasteiger partial charge in [0.2, 0.25) is 0 Å². The average molecular weight is 240 g/mol. The molecular weight excluding hydrogens is 222 g/mol. The molecule has 0 heterocycles. The molecule has 16 heavy (non-hydrogen) atoms. The second-order valence-corrected chi connectivity index (χ2v) is 4.79. The average Bonchev–Trinajstić information content (AvgIpc) is 3.05. The number of nitrogens with one attached hydrogen (secondary N) is 1. The normalized spacial score (nSPS) is 23.4. The first kappa shape index (κ1) is 11.9. The van der Waals surface area contributed by atoms with Crippen LogP contribution in [0.15, 0.2) is 24.3 Å². The van der Waals surface area contributed by atoms with Gasteiger partial charge in [0, 0.05) is 18.7 Å². The van der Waals surface area contributed by atoms with Crippen LogP contribution in [0.1, 0.15) is 17.9 Å². The molecule has 0 saturated heterocycles. The van der Waals surface area contributed by atoms with Gasteiger partial charge in [-0.15, -0.1) is 0 Å². The summed E-state index contributed by atoms with van der Waals surface area (Å²) >= 11 is 5.87. The topological polar surface area (TPSA) is 21.3 Å². The Labute approximate surface area is 102 Å². The van der Waals surface area contributed by atoms with E-state index in [-0.39, 0.29) is 0 Å². The number of halogens is 1. The van der Waals surface area contributed by atoms with Gasteiger partial charge < -0.3 is 10.1 Å². The Hall–Kier alpha value is -0.570. The lowest BCUT2D eigenvalue weighted by molar-refractivity contribution is 0.199. The number of hydrogen-bond acceptors (Lipinski definition) is 2. The van der Waals surface area contributed by atoms with Gasteiger partial charge in [0.1, 0.15) is 0 Å². The summed E-state index contributed by atoms with van der Waals surface area (Å²) in [4.78, 5) is 0. The molecule has 1 N–H and O–H groups in total. The third-order valence-electron chi connectivity index (χ3n) is 3.11. The predicted octanol–water partition coefficient (Wildman–Crippen LogP) is 2.68. The van der Waals surface area contributed by atoms with Crippen LogP contribution in [-0.2, 0) is 4.74 Å². The highest BCUT2D eigenvalue weighted by atomic mass is 35.5. The Kier molecular flexibility index (Phi) is 4.22. The van der Waals surface area contributed by atoms with Crippen molar-refractivity contribution in [2.75, 3.05) is 26.8 Å². The first-order chi connectivity index (χ1) is 7.81. The smallest absolute Gasteiger partial charge is 0.0587 e. The van der Waals surface area contributed by atoms with Crippen LogP contribution in [0.3, 0.4) is 0 Å². The molecule has 1 fully saturated rings. The summed E-state index contributed by atoms with van der Waals surface area (Å²) in [7, 11) is 1.73. The standard InChI is InChI=1S/C13H18ClNO/c1-16-7-6-15-9-11-8-13(11)10-2-4-12(14)5-3-10/h2-5,11,13,15H,6-9H2,1H3. The third-order valence-corrected chi connectivity index (χ3v) is 3.36. The third kappa shape index (κ3) is 3.21. The summed E-state index contributed by atoms with van der Waals surface area (Å²) in [6.45, 7) is 2.83. The highest BCUT2D eigenvalue weighted by Crippen LogP contribution is 2.46. The summed E-state index contributed by atoms with van der Waals surface area (Å²) in [5.41, 5.74) is 1.42. The number of benzene rings is 1. The maximum absolute atomic E-state index is 5.87. The van der Waals surface area contributed by atoms with E-state index in [1.165, 1.54) is 12.0 Å². The van der Waals surface area contributed by atoms with Gasteiger partial charge >= 0.3 is 0 Å². The molecular formula is C13H18ClNO. The molecule has 2 nitrogen and oxygen atoms in total. The Morgan fingerprint density at radius 3 is 2.81 bits per heavy atom. The van der Waals surface area contributed by atoms with Crippen LogP contribution in [-0.4, -0.2) is 26.8 Å². The van der Waals surface area contributed by atoms with E-state index in [4.69, 9.17) is 16.3 Å². The van der Waals surface area contributed by atoms with Crippen molar-refractivity contribution < 1.29 is 4.74 Å². The summed E-state index contributed by atoms with van der Waals surface area (Å²) in [5, 5.41) is 4.23. The first-order valence-corrected chi connectivity index (χ1v) is 6.14. The minimum Gasteiger partial charge on any atom is -0.383 e. The van der Waals surface area contributed by atoms with Crippen molar-refractivity contribution in [1.29, 1.82) is 0 Å². The zero-order valence-corrected chi connectivity index (χ0v) is 10.3. The lowest BCUT2D eigenvalue weighted by atomic mass is 10.1. The first-order valence-electron chi connectivity index (χ1n) is 5.76. The molecule has 1 aromatic rings. The highest BCUT2D eigenvalue weighted by Gasteiger charge is 2.37. The fourth-order valence-electron chi connectivity index (χ4n) is 2.05. The van der Waals surface area contributed by atoms with Crippen LogP contribution in [0.25, 0.3) is 0 Å².